The highest BCUT2D eigenvalue weighted by atomic mass is 16.5. The first-order valence-corrected chi connectivity index (χ1v) is 9.14. The Labute approximate surface area is 156 Å². The lowest BCUT2D eigenvalue weighted by atomic mass is 10.1. The number of morpholine rings is 1. The molecule has 0 radical (unpaired) electrons. The Hall–Kier alpha value is -2.87. The molecule has 4 rings (SSSR count). The van der Waals surface area contributed by atoms with Gasteiger partial charge in [0.25, 0.3) is 5.91 Å². The molecule has 0 saturated carbocycles. The fourth-order valence-corrected chi connectivity index (χ4v) is 3.18. The number of fused-ring (bicyclic) bond motifs is 1. The molecule has 0 aliphatic carbocycles. The number of carbonyl (C=O) groups is 1. The number of aromatic amines is 1. The summed E-state index contributed by atoms with van der Waals surface area (Å²) in [5, 5.41) is 6.85. The molecule has 1 amide bonds. The van der Waals surface area contributed by atoms with E-state index in [-0.39, 0.29) is 11.7 Å². The van der Waals surface area contributed by atoms with Crippen LogP contribution in [0.25, 0.3) is 11.0 Å². The number of nitrogens with zero attached hydrogens (tertiary/aromatic N) is 3. The summed E-state index contributed by atoms with van der Waals surface area (Å²) in [5.41, 5.74) is 4.40. The molecule has 0 unspecified atom stereocenters. The molecule has 1 saturated heterocycles. The molecule has 1 aromatic carbocycles. The van der Waals surface area contributed by atoms with Crippen LogP contribution in [0, 0.1) is 13.8 Å². The maximum atomic E-state index is 12.3. The number of imidazole rings is 1. The number of rotatable bonds is 5. The molecule has 142 valence electrons. The van der Waals surface area contributed by atoms with Gasteiger partial charge in [-0.05, 0) is 31.0 Å². The Morgan fingerprint density at radius 2 is 2.11 bits per heavy atom. The summed E-state index contributed by atoms with van der Waals surface area (Å²) in [6, 6.07) is 5.79. The smallest absolute Gasteiger partial charge is 0.289 e. The first-order valence-electron chi connectivity index (χ1n) is 9.14. The number of aryl methyl sites for hydroxylation is 2. The van der Waals surface area contributed by atoms with Crippen LogP contribution in [-0.2, 0) is 11.2 Å². The molecule has 3 aromatic rings. The number of H-pyrrole nitrogens is 1. The van der Waals surface area contributed by atoms with Crippen LogP contribution < -0.4 is 10.2 Å². The number of carbonyl (C=O) groups excluding carboxylic acids is 1. The highest BCUT2D eigenvalue weighted by Crippen LogP contribution is 2.19. The number of hydrogen-bond acceptors (Lipinski definition) is 6. The van der Waals surface area contributed by atoms with E-state index >= 15 is 0 Å². The van der Waals surface area contributed by atoms with E-state index in [9.17, 15) is 4.79 Å². The largest absolute Gasteiger partial charge is 0.378 e. The molecule has 27 heavy (non-hydrogen) atoms. The van der Waals surface area contributed by atoms with Gasteiger partial charge < -0.3 is 24.5 Å². The highest BCUT2D eigenvalue weighted by Gasteiger charge is 2.18. The lowest BCUT2D eigenvalue weighted by Gasteiger charge is -2.25. The number of aromatic nitrogens is 3. The van der Waals surface area contributed by atoms with Crippen LogP contribution in [0.3, 0.4) is 0 Å². The molecule has 1 fully saturated rings. The zero-order chi connectivity index (χ0) is 18.8. The van der Waals surface area contributed by atoms with E-state index in [4.69, 9.17) is 9.26 Å². The quantitative estimate of drug-likeness (QED) is 0.714. The van der Waals surface area contributed by atoms with Gasteiger partial charge in [-0.1, -0.05) is 11.2 Å². The summed E-state index contributed by atoms with van der Waals surface area (Å²) in [5.74, 6) is 1.47. The van der Waals surface area contributed by atoms with Crippen molar-refractivity contribution in [3.8, 4) is 0 Å². The van der Waals surface area contributed by atoms with Crippen LogP contribution in [0.4, 0.5) is 5.82 Å². The molecule has 0 atom stereocenters. The van der Waals surface area contributed by atoms with Crippen molar-refractivity contribution in [1.29, 1.82) is 0 Å². The van der Waals surface area contributed by atoms with E-state index in [0.29, 0.717) is 32.0 Å². The minimum Gasteiger partial charge on any atom is -0.378 e. The Kier molecular flexibility index (Phi) is 4.81. The van der Waals surface area contributed by atoms with Crippen molar-refractivity contribution < 1.29 is 14.1 Å². The molecular formula is C19H23N5O3. The van der Waals surface area contributed by atoms with Gasteiger partial charge in [0.1, 0.15) is 5.82 Å². The zero-order valence-electron chi connectivity index (χ0n) is 15.5. The number of hydrogen-bond donors (Lipinski definition) is 2. The summed E-state index contributed by atoms with van der Waals surface area (Å²) < 4.78 is 10.5. The molecule has 1 aliphatic heterocycles. The fourth-order valence-electron chi connectivity index (χ4n) is 3.18. The van der Waals surface area contributed by atoms with Gasteiger partial charge in [0.15, 0.2) is 5.82 Å². The van der Waals surface area contributed by atoms with Crippen LogP contribution >= 0.6 is 0 Å². The van der Waals surface area contributed by atoms with Crippen LogP contribution in [0.1, 0.15) is 27.5 Å². The molecule has 3 heterocycles. The van der Waals surface area contributed by atoms with Crippen molar-refractivity contribution in [3.05, 3.63) is 40.9 Å². The van der Waals surface area contributed by atoms with Crippen LogP contribution in [-0.4, -0.2) is 53.9 Å². The third-order valence-corrected chi connectivity index (χ3v) is 4.93. The first kappa shape index (κ1) is 17.5. The molecule has 0 bridgehead atoms. The third kappa shape index (κ3) is 3.66. The molecule has 1 aliphatic rings. The average molecular weight is 369 g/mol. The lowest BCUT2D eigenvalue weighted by molar-refractivity contribution is 0.0917. The standard InChI is InChI=1S/C19H23N5O3/c1-12-3-4-14-18(13(12)2)22-16(21-14)5-6-20-19(25)15-11-17(23-27-15)24-7-9-26-10-8-24/h3-4,11H,5-10H2,1-2H3,(H,20,25)(H,21,22). The Bertz CT molecular complexity index is 956. The van der Waals surface area contributed by atoms with Crippen molar-refractivity contribution in [3.63, 3.8) is 0 Å². The maximum absolute atomic E-state index is 12.3. The average Bonchev–Trinajstić information content (AvgIpc) is 3.33. The van der Waals surface area contributed by atoms with Gasteiger partial charge in [0.05, 0.1) is 24.2 Å². The summed E-state index contributed by atoms with van der Waals surface area (Å²) >= 11 is 0. The second-order valence-corrected chi connectivity index (χ2v) is 6.74. The number of nitrogens with one attached hydrogen (secondary N) is 2. The van der Waals surface area contributed by atoms with E-state index < -0.39 is 0 Å². The van der Waals surface area contributed by atoms with E-state index in [1.165, 1.54) is 11.1 Å². The topological polar surface area (TPSA) is 96.3 Å². The van der Waals surface area contributed by atoms with E-state index in [0.717, 1.165) is 29.9 Å². The van der Waals surface area contributed by atoms with Gasteiger partial charge in [0.2, 0.25) is 5.76 Å². The molecular weight excluding hydrogens is 346 g/mol. The van der Waals surface area contributed by atoms with Gasteiger partial charge >= 0.3 is 0 Å². The number of benzene rings is 1. The van der Waals surface area contributed by atoms with E-state index in [1.807, 2.05) is 11.0 Å². The van der Waals surface area contributed by atoms with Crippen LogP contribution in [0.15, 0.2) is 22.7 Å². The summed E-state index contributed by atoms with van der Waals surface area (Å²) in [7, 11) is 0. The van der Waals surface area contributed by atoms with Crippen molar-refractivity contribution >= 4 is 22.8 Å². The maximum Gasteiger partial charge on any atom is 0.289 e. The summed E-state index contributed by atoms with van der Waals surface area (Å²) in [6.45, 7) is 7.42. The Balaban J connectivity index is 1.34. The number of amides is 1. The van der Waals surface area contributed by atoms with Crippen molar-refractivity contribution in [2.24, 2.45) is 0 Å². The molecule has 2 aromatic heterocycles. The zero-order valence-corrected chi connectivity index (χ0v) is 15.5. The second kappa shape index (κ2) is 7.40. The van der Waals surface area contributed by atoms with E-state index in [2.05, 4.69) is 40.4 Å². The van der Waals surface area contributed by atoms with Gasteiger partial charge in [0, 0.05) is 32.1 Å². The molecule has 8 nitrogen and oxygen atoms in total. The normalized spacial score (nSPS) is 14.7. The van der Waals surface area contributed by atoms with E-state index in [1.54, 1.807) is 6.07 Å². The monoisotopic (exact) mass is 369 g/mol. The van der Waals surface area contributed by atoms with Crippen LogP contribution in [0.2, 0.25) is 0 Å². The van der Waals surface area contributed by atoms with Gasteiger partial charge in [-0.25, -0.2) is 4.98 Å². The summed E-state index contributed by atoms with van der Waals surface area (Å²) in [6.07, 6.45) is 0.614. The third-order valence-electron chi connectivity index (χ3n) is 4.93. The minimum atomic E-state index is -0.273. The predicted octanol–water partition coefficient (Wildman–Crippen LogP) is 1.98. The Morgan fingerprint density at radius 1 is 1.30 bits per heavy atom. The molecule has 0 spiro atoms. The lowest BCUT2D eigenvalue weighted by Crippen LogP contribution is -2.36. The predicted molar refractivity (Wildman–Crippen MR) is 101 cm³/mol. The SMILES string of the molecule is Cc1ccc2[nH]c(CCNC(=O)c3cc(N4CCOCC4)no3)nc2c1C. The summed E-state index contributed by atoms with van der Waals surface area (Å²) in [4.78, 5) is 22.3. The first-order chi connectivity index (χ1) is 13.1. The molecule has 8 heteroatoms. The minimum absolute atomic E-state index is 0.215. The van der Waals surface area contributed by atoms with Crippen molar-refractivity contribution in [1.82, 2.24) is 20.4 Å². The van der Waals surface area contributed by atoms with Crippen molar-refractivity contribution in [2.75, 3.05) is 37.7 Å². The highest BCUT2D eigenvalue weighted by molar-refractivity contribution is 5.92. The Morgan fingerprint density at radius 3 is 2.93 bits per heavy atom. The van der Waals surface area contributed by atoms with Gasteiger partial charge in [-0.15, -0.1) is 0 Å². The van der Waals surface area contributed by atoms with Crippen LogP contribution in [0.5, 0.6) is 0 Å². The van der Waals surface area contributed by atoms with Gasteiger partial charge in [-0.3, -0.25) is 4.79 Å². The molecule has 2 N–H and O–H groups in total. The van der Waals surface area contributed by atoms with Crippen molar-refractivity contribution in [2.45, 2.75) is 20.3 Å². The van der Waals surface area contributed by atoms with Gasteiger partial charge in [-0.2, -0.15) is 0 Å². The second-order valence-electron chi connectivity index (χ2n) is 6.74. The fraction of sp³-hybridized carbons (Fsp3) is 0.421. The number of ether oxygens (including phenoxy) is 1. The number of anilines is 1.